The Kier molecular flexibility index (Phi) is 4.77. The van der Waals surface area contributed by atoms with E-state index in [2.05, 4.69) is 15.3 Å². The summed E-state index contributed by atoms with van der Waals surface area (Å²) in [5.41, 5.74) is 1.97. The van der Waals surface area contributed by atoms with Crippen LogP contribution in [0.15, 0.2) is 18.5 Å². The Morgan fingerprint density at radius 1 is 1.48 bits per heavy atom. The first-order valence-corrected chi connectivity index (χ1v) is 7.06. The third-order valence-corrected chi connectivity index (χ3v) is 3.59. The SMILES string of the molecule is CCC(F)(F)CNC(C)Cc1c[nH]c2cnc(OC)cc12. The van der Waals surface area contributed by atoms with E-state index in [0.717, 1.165) is 16.5 Å². The molecule has 1 unspecified atom stereocenters. The maximum atomic E-state index is 13.3. The monoisotopic (exact) mass is 297 g/mol. The zero-order chi connectivity index (χ0) is 15.5. The van der Waals surface area contributed by atoms with Crippen molar-refractivity contribution >= 4 is 10.9 Å². The molecule has 116 valence electrons. The highest BCUT2D eigenvalue weighted by atomic mass is 19.3. The fraction of sp³-hybridized carbons (Fsp3) is 0.533. The number of hydrogen-bond donors (Lipinski definition) is 2. The fourth-order valence-corrected chi connectivity index (χ4v) is 2.19. The summed E-state index contributed by atoms with van der Waals surface area (Å²) in [4.78, 5) is 7.26. The molecular formula is C15H21F2N3O. The van der Waals surface area contributed by atoms with Gasteiger partial charge < -0.3 is 15.0 Å². The summed E-state index contributed by atoms with van der Waals surface area (Å²) in [6.45, 7) is 3.10. The van der Waals surface area contributed by atoms with E-state index in [1.807, 2.05) is 19.2 Å². The Morgan fingerprint density at radius 3 is 2.90 bits per heavy atom. The lowest BCUT2D eigenvalue weighted by atomic mass is 10.1. The number of fused-ring (bicyclic) bond motifs is 1. The molecule has 0 aliphatic heterocycles. The number of ether oxygens (including phenoxy) is 1. The van der Waals surface area contributed by atoms with Crippen molar-refractivity contribution < 1.29 is 13.5 Å². The number of aromatic nitrogens is 2. The predicted octanol–water partition coefficient (Wildman–Crippen LogP) is 3.14. The van der Waals surface area contributed by atoms with Gasteiger partial charge in [-0.3, -0.25) is 0 Å². The van der Waals surface area contributed by atoms with Gasteiger partial charge in [-0.15, -0.1) is 0 Å². The largest absolute Gasteiger partial charge is 0.481 e. The van der Waals surface area contributed by atoms with Crippen LogP contribution in [0.4, 0.5) is 8.78 Å². The first kappa shape index (κ1) is 15.7. The number of halogens is 2. The summed E-state index contributed by atoms with van der Waals surface area (Å²) in [5.74, 6) is -2.11. The van der Waals surface area contributed by atoms with Gasteiger partial charge in [0.1, 0.15) is 0 Å². The van der Waals surface area contributed by atoms with E-state index < -0.39 is 5.92 Å². The molecule has 2 N–H and O–H groups in total. The molecule has 0 radical (unpaired) electrons. The van der Waals surface area contributed by atoms with Gasteiger partial charge in [0.15, 0.2) is 0 Å². The number of nitrogens with one attached hydrogen (secondary N) is 2. The van der Waals surface area contributed by atoms with Gasteiger partial charge in [-0.05, 0) is 18.9 Å². The lowest BCUT2D eigenvalue weighted by Gasteiger charge is -2.19. The second-order valence-electron chi connectivity index (χ2n) is 5.28. The summed E-state index contributed by atoms with van der Waals surface area (Å²) in [7, 11) is 1.57. The molecule has 1 atom stereocenters. The van der Waals surface area contributed by atoms with Crippen molar-refractivity contribution in [1.29, 1.82) is 0 Å². The molecule has 0 bridgehead atoms. The van der Waals surface area contributed by atoms with Gasteiger partial charge in [-0.2, -0.15) is 0 Å². The summed E-state index contributed by atoms with van der Waals surface area (Å²) < 4.78 is 31.6. The Morgan fingerprint density at radius 2 is 2.24 bits per heavy atom. The van der Waals surface area contributed by atoms with Crippen LogP contribution < -0.4 is 10.1 Å². The molecule has 0 amide bonds. The number of rotatable bonds is 7. The van der Waals surface area contributed by atoms with Crippen molar-refractivity contribution in [2.45, 2.75) is 38.7 Å². The molecule has 0 aliphatic carbocycles. The van der Waals surface area contributed by atoms with E-state index in [1.54, 1.807) is 13.3 Å². The van der Waals surface area contributed by atoms with Gasteiger partial charge in [0.2, 0.25) is 5.88 Å². The summed E-state index contributed by atoms with van der Waals surface area (Å²) in [6, 6.07) is 1.81. The van der Waals surface area contributed by atoms with Crippen molar-refractivity contribution in [2.75, 3.05) is 13.7 Å². The van der Waals surface area contributed by atoms with Crippen molar-refractivity contribution in [3.05, 3.63) is 24.0 Å². The molecule has 0 saturated carbocycles. The number of alkyl halides is 2. The lowest BCUT2D eigenvalue weighted by molar-refractivity contribution is -0.00362. The lowest BCUT2D eigenvalue weighted by Crippen LogP contribution is -2.38. The molecule has 0 aromatic carbocycles. The molecule has 2 aromatic heterocycles. The molecule has 0 fully saturated rings. The minimum atomic E-state index is -2.65. The van der Waals surface area contributed by atoms with Crippen LogP contribution in [0.1, 0.15) is 25.8 Å². The molecule has 21 heavy (non-hydrogen) atoms. The van der Waals surface area contributed by atoms with Gasteiger partial charge in [0.05, 0.1) is 25.4 Å². The molecule has 4 nitrogen and oxygen atoms in total. The van der Waals surface area contributed by atoms with Gasteiger partial charge in [0.25, 0.3) is 5.92 Å². The maximum absolute atomic E-state index is 13.3. The molecular weight excluding hydrogens is 276 g/mol. The van der Waals surface area contributed by atoms with Crippen molar-refractivity contribution in [2.24, 2.45) is 0 Å². The van der Waals surface area contributed by atoms with Gasteiger partial charge in [-0.1, -0.05) is 6.92 Å². The van der Waals surface area contributed by atoms with E-state index >= 15 is 0 Å². The van der Waals surface area contributed by atoms with Crippen LogP contribution in [-0.2, 0) is 6.42 Å². The first-order valence-electron chi connectivity index (χ1n) is 7.06. The van der Waals surface area contributed by atoms with Crippen LogP contribution in [0.25, 0.3) is 10.9 Å². The first-order chi connectivity index (χ1) is 9.95. The van der Waals surface area contributed by atoms with Crippen LogP contribution in [0.5, 0.6) is 5.88 Å². The van der Waals surface area contributed by atoms with Crippen molar-refractivity contribution in [1.82, 2.24) is 15.3 Å². The van der Waals surface area contributed by atoms with Crippen molar-refractivity contribution in [3.8, 4) is 5.88 Å². The Bertz CT molecular complexity index is 598. The molecule has 0 saturated heterocycles. The molecule has 2 aromatic rings. The number of hydrogen-bond acceptors (Lipinski definition) is 3. The summed E-state index contributed by atoms with van der Waals surface area (Å²) in [5, 5.41) is 3.91. The van der Waals surface area contributed by atoms with Crippen LogP contribution in [0.2, 0.25) is 0 Å². The third-order valence-electron chi connectivity index (χ3n) is 3.59. The molecule has 2 heterocycles. The molecule has 0 aliphatic rings. The highest BCUT2D eigenvalue weighted by molar-refractivity contribution is 5.83. The average molecular weight is 297 g/mol. The average Bonchev–Trinajstić information content (AvgIpc) is 2.87. The van der Waals surface area contributed by atoms with E-state index in [1.165, 1.54) is 6.92 Å². The van der Waals surface area contributed by atoms with E-state index in [9.17, 15) is 8.78 Å². The minimum absolute atomic E-state index is 0.0411. The topological polar surface area (TPSA) is 49.9 Å². The second-order valence-corrected chi connectivity index (χ2v) is 5.28. The number of aromatic amines is 1. The summed E-state index contributed by atoms with van der Waals surface area (Å²) >= 11 is 0. The van der Waals surface area contributed by atoms with Crippen LogP contribution >= 0.6 is 0 Å². The van der Waals surface area contributed by atoms with Crippen LogP contribution in [-0.4, -0.2) is 35.6 Å². The Labute approximate surface area is 122 Å². The standard InChI is InChI=1S/C15H21F2N3O/c1-4-15(16,17)9-20-10(2)5-11-7-18-13-8-19-14(21-3)6-12(11)13/h6-8,10,18,20H,4-5,9H2,1-3H3. The Hall–Kier alpha value is -1.69. The minimum Gasteiger partial charge on any atom is -0.481 e. The number of nitrogens with zero attached hydrogens (tertiary/aromatic N) is 1. The number of H-pyrrole nitrogens is 1. The summed E-state index contributed by atoms with van der Waals surface area (Å²) in [6.07, 6.45) is 4.11. The molecule has 0 spiro atoms. The zero-order valence-electron chi connectivity index (χ0n) is 12.5. The number of pyridine rings is 1. The van der Waals surface area contributed by atoms with Crippen LogP contribution in [0.3, 0.4) is 0 Å². The van der Waals surface area contributed by atoms with Crippen LogP contribution in [0, 0.1) is 0 Å². The van der Waals surface area contributed by atoms with Gasteiger partial charge >= 0.3 is 0 Å². The van der Waals surface area contributed by atoms with Gasteiger partial charge in [0, 0.05) is 30.1 Å². The maximum Gasteiger partial charge on any atom is 0.260 e. The predicted molar refractivity (Wildman–Crippen MR) is 79.1 cm³/mol. The third kappa shape index (κ3) is 3.91. The van der Waals surface area contributed by atoms with E-state index in [0.29, 0.717) is 12.3 Å². The highest BCUT2D eigenvalue weighted by Crippen LogP contribution is 2.23. The second kappa shape index (κ2) is 6.39. The molecule has 6 heteroatoms. The Balaban J connectivity index is 2.05. The fourth-order valence-electron chi connectivity index (χ4n) is 2.19. The van der Waals surface area contributed by atoms with E-state index in [4.69, 9.17) is 4.74 Å². The van der Waals surface area contributed by atoms with Crippen molar-refractivity contribution in [3.63, 3.8) is 0 Å². The van der Waals surface area contributed by atoms with Gasteiger partial charge in [-0.25, -0.2) is 13.8 Å². The zero-order valence-corrected chi connectivity index (χ0v) is 12.5. The normalized spacial score (nSPS) is 13.6. The molecule has 2 rings (SSSR count). The highest BCUT2D eigenvalue weighted by Gasteiger charge is 2.26. The number of methoxy groups -OCH3 is 1. The quantitative estimate of drug-likeness (QED) is 0.825. The van der Waals surface area contributed by atoms with E-state index in [-0.39, 0.29) is 19.0 Å². The smallest absolute Gasteiger partial charge is 0.260 e.